The van der Waals surface area contributed by atoms with E-state index in [1.807, 2.05) is 12.1 Å². The Labute approximate surface area is 138 Å². The molecule has 0 spiro atoms. The first-order valence-electron chi connectivity index (χ1n) is 7.85. The van der Waals surface area contributed by atoms with Crippen LogP contribution in [0.15, 0.2) is 41.3 Å². The minimum absolute atomic E-state index is 0.158. The third-order valence-corrected chi connectivity index (χ3v) is 5.77. The molecule has 2 aliphatic rings. The Morgan fingerprint density at radius 1 is 1.30 bits per heavy atom. The molecule has 0 saturated carbocycles. The fraction of sp³-hybridized carbons (Fsp3) is 0.389. The van der Waals surface area contributed by atoms with Gasteiger partial charge >= 0.3 is 5.97 Å². The van der Waals surface area contributed by atoms with Crippen LogP contribution in [-0.2, 0) is 16.0 Å². The summed E-state index contributed by atoms with van der Waals surface area (Å²) in [4.78, 5) is 11.6. The highest BCUT2D eigenvalue weighted by atomic mass is 32.1. The molecule has 2 aromatic rings. The standard InChI is InChI=1S/C18H18O4S/c19-16-11(8-18(21)9-14(16)22-17(18)20)4-3-5-12-10-23-15-7-2-1-6-13(12)15/h1-2,6-8,10,14,16,19,21H,3-5,9H2. The molecule has 0 amide bonds. The van der Waals surface area contributed by atoms with Crippen molar-refractivity contribution in [3.05, 3.63) is 46.9 Å². The summed E-state index contributed by atoms with van der Waals surface area (Å²) in [6.07, 6.45) is 2.70. The fourth-order valence-corrected chi connectivity index (χ4v) is 4.52. The van der Waals surface area contributed by atoms with Gasteiger partial charge in [0.05, 0.1) is 0 Å². The maximum atomic E-state index is 11.6. The van der Waals surface area contributed by atoms with E-state index in [1.54, 1.807) is 11.3 Å². The quantitative estimate of drug-likeness (QED) is 0.668. The molecular formula is C18H18O4S. The van der Waals surface area contributed by atoms with Crippen LogP contribution in [0.4, 0.5) is 0 Å². The van der Waals surface area contributed by atoms with E-state index < -0.39 is 23.8 Å². The SMILES string of the molecule is O=C1OC2CC1(O)C=C(CCCc1csc3ccccc13)C2O. The number of fused-ring (bicyclic) bond motifs is 3. The number of esters is 1. The fourth-order valence-electron chi connectivity index (χ4n) is 3.53. The first-order valence-corrected chi connectivity index (χ1v) is 8.73. The number of hydrogen-bond donors (Lipinski definition) is 2. The molecule has 1 saturated heterocycles. The molecule has 3 atom stereocenters. The van der Waals surface area contributed by atoms with Crippen molar-refractivity contribution in [2.24, 2.45) is 0 Å². The monoisotopic (exact) mass is 330 g/mol. The molecule has 2 N–H and O–H groups in total. The minimum atomic E-state index is -1.53. The molecule has 120 valence electrons. The van der Waals surface area contributed by atoms with Gasteiger partial charge in [-0.1, -0.05) is 18.2 Å². The highest BCUT2D eigenvalue weighted by molar-refractivity contribution is 7.17. The van der Waals surface area contributed by atoms with Gasteiger partial charge in [0, 0.05) is 11.1 Å². The Kier molecular flexibility index (Phi) is 3.52. The van der Waals surface area contributed by atoms with E-state index in [1.165, 1.54) is 21.7 Å². The van der Waals surface area contributed by atoms with Crippen LogP contribution in [0.5, 0.6) is 0 Å². The van der Waals surface area contributed by atoms with E-state index >= 15 is 0 Å². The smallest absolute Gasteiger partial charge is 0.342 e. The van der Waals surface area contributed by atoms with Gasteiger partial charge in [0.15, 0.2) is 5.60 Å². The molecule has 3 unspecified atom stereocenters. The molecule has 1 aliphatic carbocycles. The summed E-state index contributed by atoms with van der Waals surface area (Å²) in [5.74, 6) is -0.639. The lowest BCUT2D eigenvalue weighted by molar-refractivity contribution is -0.152. The molecule has 0 radical (unpaired) electrons. The number of aryl methyl sites for hydroxylation is 1. The van der Waals surface area contributed by atoms with Crippen molar-refractivity contribution >= 4 is 27.4 Å². The van der Waals surface area contributed by atoms with Crippen molar-refractivity contribution in [3.63, 3.8) is 0 Å². The lowest BCUT2D eigenvalue weighted by atomic mass is 9.83. The number of aliphatic hydroxyl groups is 2. The number of thiophene rings is 1. The highest BCUT2D eigenvalue weighted by Crippen LogP contribution is 2.38. The second-order valence-corrected chi connectivity index (χ2v) is 7.26. The Morgan fingerprint density at radius 2 is 2.13 bits per heavy atom. The van der Waals surface area contributed by atoms with E-state index in [4.69, 9.17) is 4.74 Å². The molecule has 2 bridgehead atoms. The van der Waals surface area contributed by atoms with Crippen molar-refractivity contribution in [2.75, 3.05) is 0 Å². The molecule has 2 heterocycles. The molecule has 1 fully saturated rings. The first kappa shape index (κ1) is 14.9. The third kappa shape index (κ3) is 2.49. The van der Waals surface area contributed by atoms with Crippen molar-refractivity contribution < 1.29 is 19.7 Å². The number of carbonyl (C=O) groups is 1. The lowest BCUT2D eigenvalue weighted by Gasteiger charge is -2.26. The van der Waals surface area contributed by atoms with E-state index in [2.05, 4.69) is 17.5 Å². The van der Waals surface area contributed by atoms with Gasteiger partial charge in [0.25, 0.3) is 0 Å². The number of aliphatic hydroxyl groups excluding tert-OH is 1. The number of hydrogen-bond acceptors (Lipinski definition) is 5. The molecule has 1 aromatic heterocycles. The van der Waals surface area contributed by atoms with Crippen LogP contribution < -0.4 is 0 Å². The second-order valence-electron chi connectivity index (χ2n) is 6.35. The summed E-state index contributed by atoms with van der Waals surface area (Å²) in [6, 6.07) is 8.33. The summed E-state index contributed by atoms with van der Waals surface area (Å²) >= 11 is 1.74. The maximum Gasteiger partial charge on any atom is 0.342 e. The maximum absolute atomic E-state index is 11.6. The number of benzene rings is 1. The molecule has 23 heavy (non-hydrogen) atoms. The molecule has 1 aromatic carbocycles. The Hall–Kier alpha value is -1.69. The van der Waals surface area contributed by atoms with Gasteiger partial charge < -0.3 is 14.9 Å². The van der Waals surface area contributed by atoms with Crippen molar-refractivity contribution in [1.82, 2.24) is 0 Å². The predicted molar refractivity (Wildman–Crippen MR) is 88.3 cm³/mol. The van der Waals surface area contributed by atoms with E-state index in [0.29, 0.717) is 12.0 Å². The van der Waals surface area contributed by atoms with Crippen LogP contribution >= 0.6 is 11.3 Å². The topological polar surface area (TPSA) is 66.8 Å². The summed E-state index contributed by atoms with van der Waals surface area (Å²) in [7, 11) is 0. The van der Waals surface area contributed by atoms with Crippen LogP contribution in [0.1, 0.15) is 24.8 Å². The van der Waals surface area contributed by atoms with E-state index in [-0.39, 0.29) is 6.42 Å². The summed E-state index contributed by atoms with van der Waals surface area (Å²) in [5, 5.41) is 24.0. The van der Waals surface area contributed by atoms with Crippen LogP contribution in [0.2, 0.25) is 0 Å². The average molecular weight is 330 g/mol. The van der Waals surface area contributed by atoms with Crippen LogP contribution in [0.25, 0.3) is 10.1 Å². The van der Waals surface area contributed by atoms with Crippen molar-refractivity contribution in [2.45, 2.75) is 43.5 Å². The van der Waals surface area contributed by atoms with E-state index in [0.717, 1.165) is 12.8 Å². The zero-order chi connectivity index (χ0) is 16.0. The summed E-state index contributed by atoms with van der Waals surface area (Å²) in [6.45, 7) is 0. The summed E-state index contributed by atoms with van der Waals surface area (Å²) in [5.41, 5.74) is 0.494. The normalized spacial score (nSPS) is 29.7. The number of carbonyl (C=O) groups excluding carboxylic acids is 1. The molecule has 1 aliphatic heterocycles. The predicted octanol–water partition coefficient (Wildman–Crippen LogP) is 2.57. The van der Waals surface area contributed by atoms with Gasteiger partial charge in [-0.2, -0.15) is 0 Å². The Balaban J connectivity index is 1.46. The van der Waals surface area contributed by atoms with Gasteiger partial charge in [-0.05, 0) is 53.3 Å². The second kappa shape index (κ2) is 5.44. The number of rotatable bonds is 4. The van der Waals surface area contributed by atoms with Crippen molar-refractivity contribution in [3.8, 4) is 0 Å². The zero-order valence-corrected chi connectivity index (χ0v) is 13.4. The molecular weight excluding hydrogens is 312 g/mol. The highest BCUT2D eigenvalue weighted by Gasteiger charge is 2.52. The van der Waals surface area contributed by atoms with Gasteiger partial charge in [-0.3, -0.25) is 0 Å². The Bertz CT molecular complexity index is 793. The van der Waals surface area contributed by atoms with Crippen LogP contribution in [0, 0.1) is 0 Å². The minimum Gasteiger partial charge on any atom is -0.457 e. The van der Waals surface area contributed by atoms with Crippen molar-refractivity contribution in [1.29, 1.82) is 0 Å². The number of ether oxygens (including phenoxy) is 1. The van der Waals surface area contributed by atoms with Crippen LogP contribution in [0.3, 0.4) is 0 Å². The van der Waals surface area contributed by atoms with Crippen LogP contribution in [-0.4, -0.2) is 34.0 Å². The third-order valence-electron chi connectivity index (χ3n) is 4.75. The molecule has 4 rings (SSSR count). The van der Waals surface area contributed by atoms with E-state index in [9.17, 15) is 15.0 Å². The zero-order valence-electron chi connectivity index (χ0n) is 12.6. The van der Waals surface area contributed by atoms with Gasteiger partial charge in [-0.15, -0.1) is 11.3 Å². The largest absolute Gasteiger partial charge is 0.457 e. The average Bonchev–Trinajstić information content (AvgIpc) is 3.05. The Morgan fingerprint density at radius 3 is 3.00 bits per heavy atom. The lowest BCUT2D eigenvalue weighted by Crippen LogP contribution is -2.38. The molecule has 5 heteroatoms. The summed E-state index contributed by atoms with van der Waals surface area (Å²) < 4.78 is 6.33. The van der Waals surface area contributed by atoms with Gasteiger partial charge in [-0.25, -0.2) is 4.79 Å². The first-order chi connectivity index (χ1) is 11.1. The van der Waals surface area contributed by atoms with Gasteiger partial charge in [0.2, 0.25) is 0 Å². The molecule has 4 nitrogen and oxygen atoms in total. The van der Waals surface area contributed by atoms with Gasteiger partial charge in [0.1, 0.15) is 12.2 Å².